The van der Waals surface area contributed by atoms with Crippen molar-refractivity contribution in [1.29, 1.82) is 0 Å². The Morgan fingerprint density at radius 3 is 2.30 bits per heavy atom. The molecule has 7 rings (SSSR count). The number of fused-ring (bicyclic) bond motifs is 2. The predicted octanol–water partition coefficient (Wildman–Crippen LogP) is 6.07. The number of anilines is 1. The number of hydrogen-bond acceptors (Lipinski definition) is 7. The van der Waals surface area contributed by atoms with E-state index in [4.69, 9.17) is 16.7 Å². The molecule has 1 saturated carbocycles. The van der Waals surface area contributed by atoms with Crippen LogP contribution in [0.15, 0.2) is 93.8 Å². The summed E-state index contributed by atoms with van der Waals surface area (Å²) in [6.07, 6.45) is 4.96. The lowest BCUT2D eigenvalue weighted by atomic mass is 9.77. The van der Waals surface area contributed by atoms with Crippen molar-refractivity contribution in [2.75, 3.05) is 11.4 Å². The fourth-order valence-electron chi connectivity index (χ4n) is 6.58. The molecule has 0 unspecified atom stereocenters. The summed E-state index contributed by atoms with van der Waals surface area (Å²) in [6.45, 7) is 3.87. The number of hydrogen-bond donors (Lipinski definition) is 0. The van der Waals surface area contributed by atoms with E-state index >= 15 is 0 Å². The van der Waals surface area contributed by atoms with Crippen LogP contribution >= 0.6 is 11.6 Å². The number of halogens is 1. The molecule has 0 radical (unpaired) electrons. The molecular weight excluding hydrogens is 576 g/mol. The molecule has 3 aromatic rings. The van der Waals surface area contributed by atoms with Crippen molar-refractivity contribution in [3.8, 4) is 0 Å². The van der Waals surface area contributed by atoms with Gasteiger partial charge in [-0.1, -0.05) is 76.5 Å². The van der Waals surface area contributed by atoms with Gasteiger partial charge in [0, 0.05) is 10.9 Å². The molecule has 4 atom stereocenters. The van der Waals surface area contributed by atoms with E-state index in [2.05, 4.69) is 71.9 Å². The molecule has 0 aromatic heterocycles. The van der Waals surface area contributed by atoms with Crippen LogP contribution in [-0.2, 0) is 14.4 Å². The van der Waals surface area contributed by atoms with Gasteiger partial charge in [-0.05, 0) is 80.2 Å². The fraction of sp³-hybridized carbons (Fsp3) is 0.294. The van der Waals surface area contributed by atoms with Gasteiger partial charge in [-0.3, -0.25) is 19.4 Å². The van der Waals surface area contributed by atoms with Crippen molar-refractivity contribution < 1.29 is 14.4 Å². The number of carbonyl (C=O) groups excluding carboxylic acids is 3. The lowest BCUT2D eigenvalue weighted by molar-refractivity contribution is -0.136. The SMILES string of the molecule is Cc1ccc(/C=C2\CCC[C@@H]3C2=NN(C(=O)CN2N=N[C@@H]4C(=O)N(c5ccc(Cl)cc5)C(=O)[C@H]42)[C@@H]3c2ccc(C)cc2)cc1. The van der Waals surface area contributed by atoms with Gasteiger partial charge in [0.15, 0.2) is 12.1 Å². The van der Waals surface area contributed by atoms with Gasteiger partial charge in [-0.15, -0.1) is 0 Å². The first-order valence-electron chi connectivity index (χ1n) is 14.8. The van der Waals surface area contributed by atoms with E-state index < -0.39 is 23.9 Å². The summed E-state index contributed by atoms with van der Waals surface area (Å²) in [5.74, 6) is -1.22. The second kappa shape index (κ2) is 11.1. The third-order valence-corrected chi connectivity index (χ3v) is 9.09. The molecule has 44 heavy (non-hydrogen) atoms. The third-order valence-electron chi connectivity index (χ3n) is 8.83. The fourth-order valence-corrected chi connectivity index (χ4v) is 6.70. The first-order chi connectivity index (χ1) is 21.3. The van der Waals surface area contributed by atoms with E-state index in [1.807, 2.05) is 6.92 Å². The molecule has 9 nitrogen and oxygen atoms in total. The van der Waals surface area contributed by atoms with E-state index in [1.54, 1.807) is 29.3 Å². The molecule has 222 valence electrons. The van der Waals surface area contributed by atoms with Crippen LogP contribution in [0.1, 0.15) is 47.6 Å². The quantitative estimate of drug-likeness (QED) is 0.329. The maximum atomic E-state index is 14.1. The summed E-state index contributed by atoms with van der Waals surface area (Å²) in [4.78, 5) is 41.9. The predicted molar refractivity (Wildman–Crippen MR) is 168 cm³/mol. The van der Waals surface area contributed by atoms with E-state index in [0.717, 1.165) is 52.1 Å². The number of imide groups is 1. The normalized spacial score (nSPS) is 25.1. The van der Waals surface area contributed by atoms with Crippen molar-refractivity contribution in [3.05, 3.63) is 106 Å². The van der Waals surface area contributed by atoms with Crippen molar-refractivity contribution in [1.82, 2.24) is 10.0 Å². The van der Waals surface area contributed by atoms with Gasteiger partial charge in [0.2, 0.25) is 0 Å². The number of allylic oxidation sites excluding steroid dienone is 1. The summed E-state index contributed by atoms with van der Waals surface area (Å²) < 4.78 is 0. The Kier molecular flexibility index (Phi) is 7.13. The Labute approximate surface area is 260 Å². The highest BCUT2D eigenvalue weighted by molar-refractivity contribution is 6.31. The largest absolute Gasteiger partial charge is 0.271 e. The van der Waals surface area contributed by atoms with Crippen LogP contribution in [0.4, 0.5) is 5.69 Å². The molecule has 3 amide bonds. The van der Waals surface area contributed by atoms with Gasteiger partial charge in [-0.25, -0.2) is 9.91 Å². The second-order valence-corrected chi connectivity index (χ2v) is 12.3. The minimum atomic E-state index is -1.00. The smallest absolute Gasteiger partial charge is 0.264 e. The monoisotopic (exact) mass is 606 g/mol. The van der Waals surface area contributed by atoms with Crippen LogP contribution in [0.25, 0.3) is 6.08 Å². The Hall–Kier alpha value is -4.63. The van der Waals surface area contributed by atoms with E-state index in [1.165, 1.54) is 10.6 Å². The standard InChI is InChI=1S/C34H31ClN6O3/c1-20-6-10-22(11-7-20)18-24-4-3-5-27-29(24)37-41(31(27)23-12-8-21(2)9-13-23)28(42)19-39-32-30(36-38-39)33(43)40(34(32)44)26-16-14-25(35)15-17-26/h6-18,27,30-32H,3-5,19H2,1-2H3/b24-18+/t27-,30+,31-,32+/m1/s1. The molecule has 0 bridgehead atoms. The second-order valence-electron chi connectivity index (χ2n) is 11.8. The lowest BCUT2D eigenvalue weighted by Crippen LogP contribution is -2.45. The van der Waals surface area contributed by atoms with Crippen LogP contribution in [-0.4, -0.2) is 52.1 Å². The number of nitrogens with zero attached hydrogens (tertiary/aromatic N) is 6. The van der Waals surface area contributed by atoms with Crippen molar-refractivity contribution in [2.24, 2.45) is 21.4 Å². The number of aryl methyl sites for hydroxylation is 2. The number of hydrazone groups is 1. The Morgan fingerprint density at radius 1 is 0.909 bits per heavy atom. The van der Waals surface area contributed by atoms with Crippen LogP contribution in [0.3, 0.4) is 0 Å². The number of carbonyl (C=O) groups is 3. The third kappa shape index (κ3) is 4.91. The molecule has 1 aliphatic carbocycles. The highest BCUT2D eigenvalue weighted by Gasteiger charge is 2.55. The van der Waals surface area contributed by atoms with Crippen molar-refractivity contribution >= 4 is 46.8 Å². The van der Waals surface area contributed by atoms with Crippen LogP contribution < -0.4 is 4.90 Å². The zero-order chi connectivity index (χ0) is 30.5. The van der Waals surface area contributed by atoms with Gasteiger partial charge in [-0.2, -0.15) is 10.2 Å². The number of rotatable bonds is 5. The Balaban J connectivity index is 1.18. The summed E-state index contributed by atoms with van der Waals surface area (Å²) >= 11 is 6.01. The number of amides is 3. The zero-order valence-electron chi connectivity index (χ0n) is 24.4. The molecule has 3 aliphatic heterocycles. The zero-order valence-corrected chi connectivity index (χ0v) is 25.2. The molecule has 10 heteroatoms. The summed E-state index contributed by atoms with van der Waals surface area (Å²) in [6, 6.07) is 20.8. The van der Waals surface area contributed by atoms with Gasteiger partial charge in [0.25, 0.3) is 17.7 Å². The van der Waals surface area contributed by atoms with Gasteiger partial charge >= 0.3 is 0 Å². The molecule has 3 aromatic carbocycles. The first kappa shape index (κ1) is 28.2. The topological polar surface area (TPSA) is 98.0 Å². The van der Waals surface area contributed by atoms with Crippen LogP contribution in [0.5, 0.6) is 0 Å². The van der Waals surface area contributed by atoms with Crippen molar-refractivity contribution in [2.45, 2.75) is 51.2 Å². The Bertz CT molecular complexity index is 1730. The van der Waals surface area contributed by atoms with Gasteiger partial charge in [0.05, 0.1) is 17.4 Å². The highest BCUT2D eigenvalue weighted by atomic mass is 35.5. The summed E-state index contributed by atoms with van der Waals surface area (Å²) in [5.41, 5.74) is 6.90. The van der Waals surface area contributed by atoms with Crippen molar-refractivity contribution in [3.63, 3.8) is 0 Å². The first-order valence-corrected chi connectivity index (χ1v) is 15.2. The molecule has 0 N–H and O–H groups in total. The minimum Gasteiger partial charge on any atom is -0.271 e. The molecule has 4 aliphatic rings. The average molecular weight is 607 g/mol. The van der Waals surface area contributed by atoms with Crippen LogP contribution in [0, 0.1) is 19.8 Å². The average Bonchev–Trinajstić information content (AvgIpc) is 3.69. The molecule has 3 heterocycles. The van der Waals surface area contributed by atoms with Crippen LogP contribution in [0.2, 0.25) is 5.02 Å². The number of benzene rings is 3. The summed E-state index contributed by atoms with van der Waals surface area (Å²) in [7, 11) is 0. The van der Waals surface area contributed by atoms with Gasteiger partial charge in [0.1, 0.15) is 6.54 Å². The van der Waals surface area contributed by atoms with Gasteiger partial charge < -0.3 is 0 Å². The maximum absolute atomic E-state index is 14.1. The molecule has 1 saturated heterocycles. The lowest BCUT2D eigenvalue weighted by Gasteiger charge is -2.30. The molecule has 0 spiro atoms. The highest BCUT2D eigenvalue weighted by Crippen LogP contribution is 2.45. The molecule has 2 fully saturated rings. The van der Waals surface area contributed by atoms with E-state index in [-0.39, 0.29) is 24.4 Å². The maximum Gasteiger partial charge on any atom is 0.264 e. The van der Waals surface area contributed by atoms with E-state index in [9.17, 15) is 14.4 Å². The summed E-state index contributed by atoms with van der Waals surface area (Å²) in [5, 5.41) is 16.6. The molecular formula is C34H31ClN6O3. The van der Waals surface area contributed by atoms with E-state index in [0.29, 0.717) is 10.7 Å². The Morgan fingerprint density at radius 2 is 1.59 bits per heavy atom. The minimum absolute atomic E-state index is 0.0372.